The van der Waals surface area contributed by atoms with Gasteiger partial charge < -0.3 is 10.6 Å². The Bertz CT molecular complexity index is 838. The van der Waals surface area contributed by atoms with Crippen LogP contribution < -0.4 is 15.4 Å². The highest BCUT2D eigenvalue weighted by Gasteiger charge is 2.15. The quantitative estimate of drug-likeness (QED) is 0.349. The van der Waals surface area contributed by atoms with Crippen molar-refractivity contribution in [3.05, 3.63) is 52.1 Å². The number of halogens is 2. The van der Waals surface area contributed by atoms with E-state index in [0.717, 1.165) is 16.9 Å². The van der Waals surface area contributed by atoms with Gasteiger partial charge in [0, 0.05) is 26.7 Å². The summed E-state index contributed by atoms with van der Waals surface area (Å²) < 4.78 is 40.1. The predicted octanol–water partition coefficient (Wildman–Crippen LogP) is 2.23. The monoisotopic (exact) mass is 418 g/mol. The number of hydrogen-bond donors (Lipinski definition) is 3. The number of benzene rings is 1. The second-order valence-corrected chi connectivity index (χ2v) is 8.97. The second kappa shape index (κ2) is 9.86. The third-order valence-electron chi connectivity index (χ3n) is 3.37. The van der Waals surface area contributed by atoms with Crippen LogP contribution in [-0.2, 0) is 16.4 Å². The minimum Gasteiger partial charge on any atom is -0.356 e. The summed E-state index contributed by atoms with van der Waals surface area (Å²) in [6, 6.07) is 9.34. The summed E-state index contributed by atoms with van der Waals surface area (Å²) in [4.78, 5) is 4.07. The zero-order valence-corrected chi connectivity index (χ0v) is 16.5. The van der Waals surface area contributed by atoms with Crippen molar-refractivity contribution in [3.8, 4) is 0 Å². The molecule has 142 valence electrons. The SMILES string of the molecule is CN=C(NCCNS(=O)(=O)c1ccc(Cl)s1)NCCc1ccc(F)cc1. The van der Waals surface area contributed by atoms with E-state index in [1.165, 1.54) is 18.2 Å². The largest absolute Gasteiger partial charge is 0.356 e. The molecule has 0 amide bonds. The van der Waals surface area contributed by atoms with E-state index in [1.54, 1.807) is 25.2 Å². The van der Waals surface area contributed by atoms with Gasteiger partial charge in [0.1, 0.15) is 10.0 Å². The highest BCUT2D eigenvalue weighted by atomic mass is 35.5. The van der Waals surface area contributed by atoms with E-state index in [2.05, 4.69) is 20.3 Å². The molecule has 10 heteroatoms. The normalized spacial score (nSPS) is 12.2. The van der Waals surface area contributed by atoms with Crippen LogP contribution in [0.4, 0.5) is 4.39 Å². The number of thiophene rings is 1. The van der Waals surface area contributed by atoms with Crippen molar-refractivity contribution in [3.63, 3.8) is 0 Å². The molecule has 3 N–H and O–H groups in total. The number of sulfonamides is 1. The lowest BCUT2D eigenvalue weighted by Crippen LogP contribution is -2.42. The maximum absolute atomic E-state index is 12.9. The highest BCUT2D eigenvalue weighted by molar-refractivity contribution is 7.91. The van der Waals surface area contributed by atoms with Crippen LogP contribution in [0.1, 0.15) is 5.56 Å². The Hall–Kier alpha value is -1.68. The van der Waals surface area contributed by atoms with Crippen molar-refractivity contribution in [1.29, 1.82) is 0 Å². The van der Waals surface area contributed by atoms with E-state index in [1.807, 2.05) is 0 Å². The molecule has 2 aromatic rings. The van der Waals surface area contributed by atoms with E-state index in [4.69, 9.17) is 11.6 Å². The van der Waals surface area contributed by atoms with E-state index in [0.29, 0.717) is 29.8 Å². The third-order valence-corrected chi connectivity index (χ3v) is 6.55. The van der Waals surface area contributed by atoms with Gasteiger partial charge in [0.25, 0.3) is 0 Å². The maximum Gasteiger partial charge on any atom is 0.250 e. The molecule has 0 aliphatic heterocycles. The molecule has 26 heavy (non-hydrogen) atoms. The van der Waals surface area contributed by atoms with Crippen LogP contribution in [-0.4, -0.2) is 41.1 Å². The number of rotatable bonds is 8. The minimum absolute atomic E-state index is 0.185. The average Bonchev–Trinajstić information content (AvgIpc) is 3.06. The molecule has 0 radical (unpaired) electrons. The van der Waals surface area contributed by atoms with Crippen LogP contribution in [0.2, 0.25) is 4.34 Å². The van der Waals surface area contributed by atoms with E-state index < -0.39 is 10.0 Å². The summed E-state index contributed by atoms with van der Waals surface area (Å²) in [5.74, 6) is 0.303. The van der Waals surface area contributed by atoms with Gasteiger partial charge in [-0.05, 0) is 36.2 Å². The second-order valence-electron chi connectivity index (χ2n) is 5.26. The summed E-state index contributed by atoms with van der Waals surface area (Å²) in [6.45, 7) is 1.19. The Morgan fingerprint density at radius 2 is 1.81 bits per heavy atom. The zero-order valence-electron chi connectivity index (χ0n) is 14.1. The van der Waals surface area contributed by atoms with Crippen molar-refractivity contribution in [1.82, 2.24) is 15.4 Å². The fourth-order valence-electron chi connectivity index (χ4n) is 2.08. The van der Waals surface area contributed by atoms with Gasteiger partial charge in [0.2, 0.25) is 10.0 Å². The van der Waals surface area contributed by atoms with Crippen molar-refractivity contribution in [2.75, 3.05) is 26.7 Å². The molecule has 0 aliphatic rings. The third kappa shape index (κ3) is 6.56. The molecule has 0 saturated heterocycles. The molecular formula is C16H20ClFN4O2S2. The molecule has 1 aromatic heterocycles. The van der Waals surface area contributed by atoms with Crippen molar-refractivity contribution in [2.24, 2.45) is 4.99 Å². The summed E-state index contributed by atoms with van der Waals surface area (Å²) in [5, 5.41) is 6.14. The minimum atomic E-state index is -3.55. The number of aliphatic imine (C=N–C) groups is 1. The molecule has 2 rings (SSSR count). The van der Waals surface area contributed by atoms with Gasteiger partial charge in [0.15, 0.2) is 5.96 Å². The van der Waals surface area contributed by atoms with Crippen LogP contribution >= 0.6 is 22.9 Å². The first-order chi connectivity index (χ1) is 12.4. The molecule has 0 aliphatic carbocycles. The smallest absolute Gasteiger partial charge is 0.250 e. The number of nitrogens with zero attached hydrogens (tertiary/aromatic N) is 1. The number of hydrogen-bond acceptors (Lipinski definition) is 4. The highest BCUT2D eigenvalue weighted by Crippen LogP contribution is 2.25. The lowest BCUT2D eigenvalue weighted by Gasteiger charge is -2.12. The fraction of sp³-hybridized carbons (Fsp3) is 0.312. The van der Waals surface area contributed by atoms with Gasteiger partial charge in [0.05, 0.1) is 4.34 Å². The Balaban J connectivity index is 1.69. The summed E-state index contributed by atoms with van der Waals surface area (Å²) in [7, 11) is -1.92. The van der Waals surface area contributed by atoms with Crippen LogP contribution in [0.5, 0.6) is 0 Å². The summed E-state index contributed by atoms with van der Waals surface area (Å²) >= 11 is 6.77. The molecule has 0 bridgehead atoms. The Kier molecular flexibility index (Phi) is 7.83. The molecule has 0 fully saturated rings. The summed E-state index contributed by atoms with van der Waals surface area (Å²) in [6.07, 6.45) is 0.715. The van der Waals surface area contributed by atoms with Crippen LogP contribution in [0.3, 0.4) is 0 Å². The van der Waals surface area contributed by atoms with Gasteiger partial charge in [-0.25, -0.2) is 17.5 Å². The Labute approximate surface area is 161 Å². The lowest BCUT2D eigenvalue weighted by atomic mass is 10.1. The molecule has 0 atom stereocenters. The van der Waals surface area contributed by atoms with E-state index in [-0.39, 0.29) is 16.6 Å². The molecular weight excluding hydrogens is 399 g/mol. The Morgan fingerprint density at radius 3 is 2.42 bits per heavy atom. The van der Waals surface area contributed by atoms with Gasteiger partial charge >= 0.3 is 0 Å². The topological polar surface area (TPSA) is 82.6 Å². The first-order valence-corrected chi connectivity index (χ1v) is 10.5. The number of guanidine groups is 1. The number of nitrogens with one attached hydrogen (secondary N) is 3. The van der Waals surface area contributed by atoms with Gasteiger partial charge in [-0.1, -0.05) is 23.7 Å². The lowest BCUT2D eigenvalue weighted by molar-refractivity contribution is 0.582. The van der Waals surface area contributed by atoms with Gasteiger partial charge in [-0.15, -0.1) is 11.3 Å². The average molecular weight is 419 g/mol. The summed E-state index contributed by atoms with van der Waals surface area (Å²) in [5.41, 5.74) is 1.01. The first kappa shape index (κ1) is 20.6. The molecule has 6 nitrogen and oxygen atoms in total. The molecule has 0 spiro atoms. The van der Waals surface area contributed by atoms with Crippen LogP contribution in [0.25, 0.3) is 0 Å². The van der Waals surface area contributed by atoms with Crippen LogP contribution in [0, 0.1) is 5.82 Å². The van der Waals surface area contributed by atoms with Crippen molar-refractivity contribution >= 4 is 38.9 Å². The van der Waals surface area contributed by atoms with Crippen molar-refractivity contribution in [2.45, 2.75) is 10.6 Å². The molecule has 0 unspecified atom stereocenters. The fourth-order valence-corrected chi connectivity index (χ4v) is 4.64. The molecule has 0 saturated carbocycles. The first-order valence-electron chi connectivity index (χ1n) is 7.84. The molecule has 1 aromatic carbocycles. The van der Waals surface area contributed by atoms with Gasteiger partial charge in [-0.2, -0.15) is 0 Å². The maximum atomic E-state index is 12.9. The standard InChI is InChI=1S/C16H20ClFN4O2S2/c1-19-16(20-9-8-12-2-4-13(18)5-3-12)21-10-11-22-26(23,24)15-7-6-14(17)25-15/h2-7,22H,8-11H2,1H3,(H2,19,20,21). The zero-order chi connectivity index (χ0) is 19.0. The van der Waals surface area contributed by atoms with Gasteiger partial charge in [-0.3, -0.25) is 4.99 Å². The van der Waals surface area contributed by atoms with E-state index in [9.17, 15) is 12.8 Å². The van der Waals surface area contributed by atoms with Crippen LogP contribution in [0.15, 0.2) is 45.6 Å². The molecule has 1 heterocycles. The van der Waals surface area contributed by atoms with Crippen molar-refractivity contribution < 1.29 is 12.8 Å². The van der Waals surface area contributed by atoms with E-state index >= 15 is 0 Å². The predicted molar refractivity (Wildman–Crippen MR) is 104 cm³/mol. The Morgan fingerprint density at radius 1 is 1.12 bits per heavy atom.